The lowest BCUT2D eigenvalue weighted by Crippen LogP contribution is -2.47. The van der Waals surface area contributed by atoms with Crippen LogP contribution in [0, 0.1) is 11.8 Å². The van der Waals surface area contributed by atoms with Gasteiger partial charge in [0.2, 0.25) is 17.7 Å². The van der Waals surface area contributed by atoms with E-state index < -0.39 is 11.1 Å². The summed E-state index contributed by atoms with van der Waals surface area (Å²) >= 11 is -0.204. The molecule has 0 aliphatic carbocycles. The number of hydrogen-bond acceptors (Lipinski definition) is 7. The van der Waals surface area contributed by atoms with Crippen LogP contribution in [0.4, 0.5) is 15.3 Å². The molecule has 4 aromatic carbocycles. The summed E-state index contributed by atoms with van der Waals surface area (Å²) in [5.74, 6) is 6.29. The van der Waals surface area contributed by atoms with Crippen molar-refractivity contribution >= 4 is 47.4 Å². The summed E-state index contributed by atoms with van der Waals surface area (Å²) in [7, 11) is 0. The van der Waals surface area contributed by atoms with Gasteiger partial charge in [-0.2, -0.15) is 0 Å². The highest BCUT2D eigenvalue weighted by molar-refractivity contribution is 7.89. The van der Waals surface area contributed by atoms with Gasteiger partial charge in [0.1, 0.15) is 11.4 Å². The van der Waals surface area contributed by atoms with E-state index in [2.05, 4.69) is 60.6 Å². The Bertz CT molecular complexity index is 2390. The van der Waals surface area contributed by atoms with Gasteiger partial charge in [-0.25, -0.2) is 0 Å². The molecule has 0 aromatic heterocycles. The van der Waals surface area contributed by atoms with E-state index in [-0.39, 0.29) is 60.9 Å². The topological polar surface area (TPSA) is 117 Å². The van der Waals surface area contributed by atoms with Gasteiger partial charge in [-0.1, -0.05) is 74.6 Å². The minimum atomic E-state index is -1.08. The third-order valence-corrected chi connectivity index (χ3v) is 12.7. The van der Waals surface area contributed by atoms with E-state index in [0.717, 1.165) is 66.6 Å². The SMILES string of the molecule is CC(C)(CCOC(C)(C)C(=O)NCCCCCC(=O)N1Cc2ccccc2CCc2ccccc21)NC(=O)CCC(=O)N1CCC(C)(C)c2cc(C#Cc3ccc(OSF)cc3)ccc21. The number of halogens is 1. The zero-order valence-corrected chi connectivity index (χ0v) is 39.5. The number of unbranched alkanes of at least 4 members (excludes halogenated alkanes) is 2. The molecule has 0 saturated heterocycles. The van der Waals surface area contributed by atoms with Gasteiger partial charge in [-0.3, -0.25) is 19.2 Å². The molecular weight excluding hydrogens is 840 g/mol. The van der Waals surface area contributed by atoms with Crippen LogP contribution in [-0.4, -0.2) is 54.5 Å². The number of hydrogen-bond donors (Lipinski definition) is 2. The number of fused-ring (bicyclic) bond motifs is 3. The first-order chi connectivity index (χ1) is 31.0. The maximum absolute atomic E-state index is 13.6. The van der Waals surface area contributed by atoms with E-state index in [9.17, 15) is 23.1 Å². The van der Waals surface area contributed by atoms with E-state index in [1.165, 1.54) is 16.7 Å². The van der Waals surface area contributed by atoms with Crippen molar-refractivity contribution in [3.05, 3.63) is 124 Å². The number of benzene rings is 4. The number of nitrogens with one attached hydrogen (secondary N) is 2. The number of aryl methyl sites for hydroxylation is 2. The summed E-state index contributed by atoms with van der Waals surface area (Å²) in [5.41, 5.74) is 6.21. The molecule has 0 bridgehead atoms. The fourth-order valence-corrected chi connectivity index (χ4v) is 8.56. The number of ether oxygens (including phenoxy) is 1. The molecule has 2 aliphatic rings. The third-order valence-electron chi connectivity index (χ3n) is 12.4. The van der Waals surface area contributed by atoms with Gasteiger partial charge in [-0.05, 0) is 142 Å². The quantitative estimate of drug-likeness (QED) is 0.0616. The number of carbonyl (C=O) groups is 4. The highest BCUT2D eigenvalue weighted by Crippen LogP contribution is 2.40. The van der Waals surface area contributed by atoms with Gasteiger partial charge >= 0.3 is 0 Å². The van der Waals surface area contributed by atoms with Crippen molar-refractivity contribution in [3.8, 4) is 17.6 Å². The fourth-order valence-electron chi connectivity index (χ4n) is 8.37. The molecule has 10 nitrogen and oxygen atoms in total. The van der Waals surface area contributed by atoms with Gasteiger partial charge < -0.3 is 29.4 Å². The zero-order chi connectivity index (χ0) is 46.6. The number of anilines is 2. The van der Waals surface area contributed by atoms with Gasteiger partial charge in [0.05, 0.1) is 13.2 Å². The predicted molar refractivity (Wildman–Crippen MR) is 257 cm³/mol. The number of para-hydroxylation sites is 1. The summed E-state index contributed by atoms with van der Waals surface area (Å²) in [6.45, 7) is 13.4. The Morgan fingerprint density at radius 3 is 2.17 bits per heavy atom. The minimum absolute atomic E-state index is 0.0402. The van der Waals surface area contributed by atoms with Crippen molar-refractivity contribution in [1.29, 1.82) is 0 Å². The minimum Gasteiger partial charge on any atom is -0.397 e. The number of carbonyl (C=O) groups excluding carboxylic acids is 4. The van der Waals surface area contributed by atoms with Crippen molar-refractivity contribution in [2.24, 2.45) is 0 Å². The molecular formula is C53H63FN4O6S. The molecule has 2 heterocycles. The standard InChI is InChI=1S/C53H63FN4O6S/c1-51(2)31-34-57(46-28-23-39(36-44(46)51)20-19-38-21-26-43(27-22-38)64-65-54)49(61)30-29-47(59)56-52(3,4)32-35-63-53(5,6)50(62)55-33-13-7-8-18-48(60)58-37-42-16-10-9-14-40(42)24-25-41-15-11-12-17-45(41)58/h9-12,14-17,21-23,26-28,36H,7-8,13,18,24-25,29-35,37H2,1-6H3,(H,55,62)(H,56,59). The summed E-state index contributed by atoms with van der Waals surface area (Å²) in [5, 5.41) is 6.04. The predicted octanol–water partition coefficient (Wildman–Crippen LogP) is 9.88. The van der Waals surface area contributed by atoms with Crippen LogP contribution in [0.1, 0.15) is 126 Å². The largest absolute Gasteiger partial charge is 0.397 e. The normalized spacial score (nSPS) is 14.3. The van der Waals surface area contributed by atoms with Gasteiger partial charge in [0.25, 0.3) is 18.3 Å². The van der Waals surface area contributed by atoms with Crippen LogP contribution < -0.4 is 24.6 Å². The molecule has 0 unspecified atom stereocenters. The highest BCUT2D eigenvalue weighted by Gasteiger charge is 2.34. The molecule has 4 aromatic rings. The molecule has 2 N–H and O–H groups in total. The maximum atomic E-state index is 13.6. The van der Waals surface area contributed by atoms with Crippen LogP contribution in [0.15, 0.2) is 91.0 Å². The maximum Gasteiger partial charge on any atom is 0.272 e. The molecule has 4 amide bonds. The lowest BCUT2D eigenvalue weighted by molar-refractivity contribution is -0.143. The third kappa shape index (κ3) is 13.5. The summed E-state index contributed by atoms with van der Waals surface area (Å²) < 4.78 is 23.2. The Morgan fingerprint density at radius 1 is 0.754 bits per heavy atom. The molecule has 65 heavy (non-hydrogen) atoms. The first-order valence-corrected chi connectivity index (χ1v) is 23.4. The summed E-state index contributed by atoms with van der Waals surface area (Å²) in [6, 6.07) is 29.3. The van der Waals surface area contributed by atoms with Crippen LogP contribution in [0.3, 0.4) is 0 Å². The second-order valence-corrected chi connectivity index (χ2v) is 19.1. The molecule has 0 radical (unpaired) electrons. The summed E-state index contributed by atoms with van der Waals surface area (Å²) in [4.78, 5) is 57.1. The molecule has 12 heteroatoms. The molecule has 0 atom stereocenters. The first-order valence-electron chi connectivity index (χ1n) is 22.8. The zero-order valence-electron chi connectivity index (χ0n) is 38.7. The Kier molecular flexibility index (Phi) is 16.5. The Balaban J connectivity index is 0.895. The number of rotatable bonds is 17. The van der Waals surface area contributed by atoms with Crippen LogP contribution in [0.25, 0.3) is 0 Å². The fraction of sp³-hybridized carbons (Fsp3) is 0.434. The van der Waals surface area contributed by atoms with Crippen LogP contribution in [-0.2, 0) is 48.7 Å². The van der Waals surface area contributed by atoms with Gasteiger partial charge in [-0.15, -0.1) is 3.89 Å². The number of nitrogens with zero attached hydrogens (tertiary/aromatic N) is 2. The second kappa shape index (κ2) is 22.0. The van der Waals surface area contributed by atoms with Crippen molar-refractivity contribution in [2.75, 3.05) is 29.5 Å². The van der Waals surface area contributed by atoms with E-state index in [0.29, 0.717) is 38.2 Å². The van der Waals surface area contributed by atoms with Crippen LogP contribution >= 0.6 is 12.4 Å². The Hall–Kier alpha value is -5.64. The molecule has 0 saturated carbocycles. The lowest BCUT2D eigenvalue weighted by Gasteiger charge is -2.39. The van der Waals surface area contributed by atoms with E-state index in [1.807, 2.05) is 61.2 Å². The number of amides is 4. The van der Waals surface area contributed by atoms with Crippen molar-refractivity contribution in [3.63, 3.8) is 0 Å². The van der Waals surface area contributed by atoms with Gasteiger partial charge in [0.15, 0.2) is 0 Å². The van der Waals surface area contributed by atoms with Crippen LogP contribution in [0.5, 0.6) is 5.75 Å². The average Bonchev–Trinajstić information content (AvgIpc) is 3.27. The average molecular weight is 903 g/mol. The first kappa shape index (κ1) is 48.8. The highest BCUT2D eigenvalue weighted by atomic mass is 32.2. The lowest BCUT2D eigenvalue weighted by atomic mass is 9.77. The van der Waals surface area contributed by atoms with Crippen LogP contribution in [0.2, 0.25) is 0 Å². The summed E-state index contributed by atoms with van der Waals surface area (Å²) in [6.07, 6.45) is 5.89. The van der Waals surface area contributed by atoms with Crippen molar-refractivity contribution in [1.82, 2.24) is 10.6 Å². The molecule has 0 fully saturated rings. The van der Waals surface area contributed by atoms with Crippen molar-refractivity contribution < 1.29 is 32.0 Å². The van der Waals surface area contributed by atoms with Gasteiger partial charge in [0, 0.05) is 60.4 Å². The van der Waals surface area contributed by atoms with E-state index in [1.54, 1.807) is 43.0 Å². The second-order valence-electron chi connectivity index (χ2n) is 18.8. The van der Waals surface area contributed by atoms with Crippen molar-refractivity contribution in [2.45, 2.75) is 129 Å². The monoisotopic (exact) mass is 902 g/mol. The van der Waals surface area contributed by atoms with E-state index >= 15 is 0 Å². The Morgan fingerprint density at radius 2 is 1.42 bits per heavy atom. The molecule has 6 rings (SSSR count). The Labute approximate surface area is 388 Å². The van der Waals surface area contributed by atoms with E-state index in [4.69, 9.17) is 8.92 Å². The molecule has 344 valence electrons. The smallest absolute Gasteiger partial charge is 0.272 e. The molecule has 2 aliphatic heterocycles. The molecule has 0 spiro atoms.